The average Bonchev–Trinajstić information content (AvgIpc) is 3.36. The number of amides is 1. The largest absolute Gasteiger partial charge is 0.371 e. The monoisotopic (exact) mass is 395 g/mol. The summed E-state index contributed by atoms with van der Waals surface area (Å²) in [6.45, 7) is 7.43. The summed E-state index contributed by atoms with van der Waals surface area (Å²) in [7, 11) is 0. The Balaban J connectivity index is 1.16. The number of hydrogen-bond donors (Lipinski definition) is 0. The smallest absolute Gasteiger partial charge is 0.257 e. The van der Waals surface area contributed by atoms with Crippen LogP contribution in [0.4, 0.5) is 5.69 Å². The Morgan fingerprint density at radius 3 is 2.41 bits per heavy atom. The van der Waals surface area contributed by atoms with Crippen molar-refractivity contribution in [2.75, 3.05) is 44.2 Å². The predicted octanol–water partition coefficient (Wildman–Crippen LogP) is 2.57. The fraction of sp³-hybridized carbons (Fsp3) is 0.591. The van der Waals surface area contributed by atoms with E-state index < -0.39 is 0 Å². The number of aryl methyl sites for hydroxylation is 1. The number of carbonyl (C=O) groups excluding carboxylic acids is 1. The lowest BCUT2D eigenvalue weighted by atomic mass is 9.91. The van der Waals surface area contributed by atoms with Crippen LogP contribution in [-0.2, 0) is 4.79 Å². The molecule has 1 amide bonds. The Morgan fingerprint density at radius 1 is 1.03 bits per heavy atom. The van der Waals surface area contributed by atoms with Gasteiger partial charge in [-0.25, -0.2) is 0 Å². The molecule has 1 aliphatic carbocycles. The van der Waals surface area contributed by atoms with E-state index in [0.29, 0.717) is 17.6 Å². The van der Waals surface area contributed by atoms with Gasteiger partial charge in [0.05, 0.1) is 5.92 Å². The van der Waals surface area contributed by atoms with E-state index in [0.717, 1.165) is 63.0 Å². The number of hydrogen-bond acceptors (Lipinski definition) is 6. The average molecular weight is 396 g/mol. The first kappa shape index (κ1) is 18.6. The molecule has 0 unspecified atom stereocenters. The summed E-state index contributed by atoms with van der Waals surface area (Å²) in [6, 6.07) is 8.97. The molecule has 7 heteroatoms. The minimum Gasteiger partial charge on any atom is -0.371 e. The van der Waals surface area contributed by atoms with Crippen LogP contribution in [0, 0.1) is 12.8 Å². The molecule has 7 nitrogen and oxygen atoms in total. The molecule has 1 atom stereocenters. The van der Waals surface area contributed by atoms with Crippen LogP contribution in [-0.4, -0.2) is 71.2 Å². The third kappa shape index (κ3) is 3.75. The fourth-order valence-electron chi connectivity index (χ4n) is 4.74. The molecule has 1 aromatic carbocycles. The fourth-order valence-corrected chi connectivity index (χ4v) is 4.74. The summed E-state index contributed by atoms with van der Waals surface area (Å²) >= 11 is 0. The Hall–Kier alpha value is -2.41. The molecular formula is C22H29N5O2. The summed E-state index contributed by atoms with van der Waals surface area (Å²) in [5, 5.41) is 3.85. The van der Waals surface area contributed by atoms with Crippen molar-refractivity contribution in [3.63, 3.8) is 0 Å². The van der Waals surface area contributed by atoms with Gasteiger partial charge in [-0.1, -0.05) is 11.6 Å². The molecule has 2 aliphatic heterocycles. The molecule has 3 fully saturated rings. The Morgan fingerprint density at radius 2 is 1.79 bits per heavy atom. The predicted molar refractivity (Wildman–Crippen MR) is 111 cm³/mol. The van der Waals surface area contributed by atoms with E-state index in [-0.39, 0.29) is 5.92 Å². The van der Waals surface area contributed by atoms with E-state index in [1.807, 2.05) is 19.1 Å². The Bertz CT molecular complexity index is 852. The van der Waals surface area contributed by atoms with Gasteiger partial charge in [-0.15, -0.1) is 0 Å². The molecule has 154 valence electrons. The molecule has 1 aromatic heterocycles. The number of rotatable bonds is 4. The molecule has 2 aromatic rings. The third-order valence-corrected chi connectivity index (χ3v) is 6.76. The number of nitrogens with zero attached hydrogens (tertiary/aromatic N) is 5. The van der Waals surface area contributed by atoms with Crippen molar-refractivity contribution >= 4 is 11.6 Å². The van der Waals surface area contributed by atoms with Crippen LogP contribution in [0.5, 0.6) is 0 Å². The number of anilines is 1. The summed E-state index contributed by atoms with van der Waals surface area (Å²) in [4.78, 5) is 24.3. The van der Waals surface area contributed by atoms with Gasteiger partial charge >= 0.3 is 0 Å². The van der Waals surface area contributed by atoms with Gasteiger partial charge in [-0.2, -0.15) is 4.98 Å². The van der Waals surface area contributed by atoms with Crippen molar-refractivity contribution in [3.05, 3.63) is 30.1 Å². The number of carbonyl (C=O) groups is 1. The SMILES string of the molecule is Cc1noc(-c2ccc(N3CC[C@H](C(=O)N4CCN(C5CCC5)CC4)C3)cc2)n1. The van der Waals surface area contributed by atoms with Crippen molar-refractivity contribution in [3.8, 4) is 11.5 Å². The van der Waals surface area contributed by atoms with Crippen molar-refractivity contribution < 1.29 is 9.32 Å². The van der Waals surface area contributed by atoms with E-state index in [1.54, 1.807) is 0 Å². The van der Waals surface area contributed by atoms with Gasteiger partial charge in [0.1, 0.15) is 0 Å². The zero-order valence-corrected chi connectivity index (χ0v) is 17.1. The molecule has 0 radical (unpaired) electrons. The quantitative estimate of drug-likeness (QED) is 0.793. The summed E-state index contributed by atoms with van der Waals surface area (Å²) in [6.07, 6.45) is 5.00. The Kier molecular flexibility index (Phi) is 4.99. The molecule has 5 rings (SSSR count). The van der Waals surface area contributed by atoms with Crippen molar-refractivity contribution in [2.45, 2.75) is 38.6 Å². The van der Waals surface area contributed by atoms with E-state index in [9.17, 15) is 4.79 Å². The highest BCUT2D eigenvalue weighted by molar-refractivity contribution is 5.80. The zero-order chi connectivity index (χ0) is 19.8. The maximum atomic E-state index is 13.0. The minimum absolute atomic E-state index is 0.114. The van der Waals surface area contributed by atoms with E-state index >= 15 is 0 Å². The molecule has 0 N–H and O–H groups in total. The molecule has 0 bridgehead atoms. The number of benzene rings is 1. The molecule has 3 aliphatic rings. The van der Waals surface area contributed by atoms with Crippen molar-refractivity contribution in [1.82, 2.24) is 19.9 Å². The van der Waals surface area contributed by atoms with Crippen LogP contribution < -0.4 is 4.90 Å². The zero-order valence-electron chi connectivity index (χ0n) is 17.1. The van der Waals surface area contributed by atoms with Crippen molar-refractivity contribution in [1.29, 1.82) is 0 Å². The van der Waals surface area contributed by atoms with Gasteiger partial charge in [0, 0.05) is 56.6 Å². The lowest BCUT2D eigenvalue weighted by Crippen LogP contribution is -2.54. The van der Waals surface area contributed by atoms with Gasteiger partial charge in [0.15, 0.2) is 5.82 Å². The topological polar surface area (TPSA) is 65.7 Å². The Labute approximate surface area is 171 Å². The van der Waals surface area contributed by atoms with Gasteiger partial charge in [0.2, 0.25) is 5.91 Å². The maximum absolute atomic E-state index is 13.0. The normalized spacial score (nSPS) is 23.4. The lowest BCUT2D eigenvalue weighted by molar-refractivity contribution is -0.137. The van der Waals surface area contributed by atoms with Crippen LogP contribution in [0.25, 0.3) is 11.5 Å². The molecule has 0 spiro atoms. The van der Waals surface area contributed by atoms with Crippen LogP contribution in [0.2, 0.25) is 0 Å². The van der Waals surface area contributed by atoms with E-state index in [1.165, 1.54) is 19.3 Å². The maximum Gasteiger partial charge on any atom is 0.257 e. The molecule has 29 heavy (non-hydrogen) atoms. The highest BCUT2D eigenvalue weighted by atomic mass is 16.5. The van der Waals surface area contributed by atoms with Gasteiger partial charge in [-0.05, 0) is 50.5 Å². The highest BCUT2D eigenvalue weighted by Gasteiger charge is 2.34. The van der Waals surface area contributed by atoms with Gasteiger partial charge in [0.25, 0.3) is 5.89 Å². The summed E-state index contributed by atoms with van der Waals surface area (Å²) in [5.41, 5.74) is 2.07. The number of piperazine rings is 1. The van der Waals surface area contributed by atoms with Crippen LogP contribution in [0.1, 0.15) is 31.5 Å². The second-order valence-electron chi connectivity index (χ2n) is 8.57. The highest BCUT2D eigenvalue weighted by Crippen LogP contribution is 2.29. The second-order valence-corrected chi connectivity index (χ2v) is 8.57. The molecule has 3 heterocycles. The summed E-state index contributed by atoms with van der Waals surface area (Å²) < 4.78 is 5.24. The first-order valence-electron chi connectivity index (χ1n) is 10.9. The summed E-state index contributed by atoms with van der Waals surface area (Å²) in [5.74, 6) is 1.64. The van der Waals surface area contributed by atoms with Crippen molar-refractivity contribution in [2.24, 2.45) is 5.92 Å². The van der Waals surface area contributed by atoms with Crippen LogP contribution in [0.3, 0.4) is 0 Å². The standard InChI is InChI=1S/C22H29N5O2/c1-16-23-21(29-24-16)17-5-7-20(8-6-17)27-10-9-18(15-27)22(28)26-13-11-25(12-14-26)19-3-2-4-19/h5-8,18-19H,2-4,9-15H2,1H3/t18-/m0/s1. The van der Waals surface area contributed by atoms with E-state index in [4.69, 9.17) is 4.52 Å². The molecule has 1 saturated carbocycles. The van der Waals surface area contributed by atoms with Crippen LogP contribution >= 0.6 is 0 Å². The third-order valence-electron chi connectivity index (χ3n) is 6.76. The van der Waals surface area contributed by atoms with Gasteiger partial charge < -0.3 is 14.3 Å². The van der Waals surface area contributed by atoms with Crippen LogP contribution in [0.15, 0.2) is 28.8 Å². The second kappa shape index (κ2) is 7.78. The van der Waals surface area contributed by atoms with Gasteiger partial charge in [-0.3, -0.25) is 9.69 Å². The molecule has 2 saturated heterocycles. The minimum atomic E-state index is 0.114. The number of aromatic nitrogens is 2. The lowest BCUT2D eigenvalue weighted by Gasteiger charge is -2.43. The first-order valence-corrected chi connectivity index (χ1v) is 10.9. The van der Waals surface area contributed by atoms with E-state index in [2.05, 4.69) is 37.0 Å². The molecular weight excluding hydrogens is 366 g/mol. The first-order chi connectivity index (χ1) is 14.2.